The fraction of sp³-hybridized carbons (Fsp3) is 0.333. The molecule has 1 aliphatic heterocycles. The van der Waals surface area contributed by atoms with Crippen molar-refractivity contribution < 1.29 is 13.2 Å². The zero-order valence-electron chi connectivity index (χ0n) is 18.1. The Balaban J connectivity index is 1.36. The first kappa shape index (κ1) is 22.1. The number of benzene rings is 2. The predicted molar refractivity (Wildman–Crippen MR) is 129 cm³/mol. The predicted octanol–water partition coefficient (Wildman–Crippen LogP) is 4.98. The molecule has 2 N–H and O–H groups in total. The molecule has 172 valence electrons. The maximum atomic E-state index is 13.2. The number of hydrogen-bond donors (Lipinski definition) is 2. The molecule has 0 saturated heterocycles. The molecule has 2 aliphatic rings. The van der Waals surface area contributed by atoms with Crippen LogP contribution in [0.15, 0.2) is 65.0 Å². The summed E-state index contributed by atoms with van der Waals surface area (Å²) in [5.41, 5.74) is 5.54. The van der Waals surface area contributed by atoms with Gasteiger partial charge in [0.25, 0.3) is 10.0 Å². The van der Waals surface area contributed by atoms with Crippen LogP contribution in [-0.2, 0) is 21.4 Å². The lowest BCUT2D eigenvalue weighted by Gasteiger charge is -2.21. The Kier molecular flexibility index (Phi) is 6.18. The molecule has 33 heavy (non-hydrogen) atoms. The lowest BCUT2D eigenvalue weighted by molar-refractivity contribution is -0.118. The summed E-state index contributed by atoms with van der Waals surface area (Å²) in [6.07, 6.45) is 7.09. The number of anilines is 2. The molecule has 1 atom stereocenters. The molecule has 1 aliphatic carbocycles. The van der Waals surface area contributed by atoms with Crippen LogP contribution in [0.1, 0.15) is 49.1 Å². The van der Waals surface area contributed by atoms with Gasteiger partial charge in [-0.2, -0.15) is 0 Å². The minimum Gasteiger partial charge on any atom is -0.305 e. The number of hydrogen-bond acceptors (Lipinski definition) is 6. The summed E-state index contributed by atoms with van der Waals surface area (Å²) in [7, 11) is -3.72. The average Bonchev–Trinajstić information content (AvgIpc) is 3.59. The second-order valence-corrected chi connectivity index (χ2v) is 11.4. The number of sulfonamides is 1. The van der Waals surface area contributed by atoms with Crippen LogP contribution in [0, 0.1) is 5.92 Å². The van der Waals surface area contributed by atoms with Gasteiger partial charge in [-0.25, -0.2) is 13.4 Å². The molecule has 1 saturated carbocycles. The number of nitrogens with zero attached hydrogens (tertiary/aromatic N) is 2. The standard InChI is InChI=1S/C24H26N4O3S2/c29-23(26-24-25-13-14-32-24)21(15-17-5-1-2-6-17)18-9-11-20(12-10-18)33(30,31)28-16-19-7-3-4-8-22(19)27-28/h3-4,7-14,17,21,27H,1-2,5-6,15-16H2,(H,25,26,29). The number of rotatable bonds is 7. The van der Waals surface area contributed by atoms with Crippen LogP contribution < -0.4 is 10.7 Å². The van der Waals surface area contributed by atoms with E-state index in [1.165, 1.54) is 28.6 Å². The molecule has 2 aromatic carbocycles. The van der Waals surface area contributed by atoms with E-state index in [9.17, 15) is 13.2 Å². The maximum Gasteiger partial charge on any atom is 0.260 e. The molecule has 9 heteroatoms. The Hall–Kier alpha value is -2.75. The molecule has 1 fully saturated rings. The lowest BCUT2D eigenvalue weighted by Crippen LogP contribution is -2.31. The van der Waals surface area contributed by atoms with E-state index in [4.69, 9.17) is 0 Å². The first-order valence-electron chi connectivity index (χ1n) is 11.2. The van der Waals surface area contributed by atoms with Gasteiger partial charge < -0.3 is 10.7 Å². The van der Waals surface area contributed by atoms with Crippen LogP contribution in [-0.4, -0.2) is 23.7 Å². The molecule has 5 rings (SSSR count). The van der Waals surface area contributed by atoms with Crippen LogP contribution in [0.5, 0.6) is 0 Å². The van der Waals surface area contributed by atoms with E-state index in [0.29, 0.717) is 11.0 Å². The van der Waals surface area contributed by atoms with E-state index >= 15 is 0 Å². The van der Waals surface area contributed by atoms with Crippen molar-refractivity contribution in [3.05, 3.63) is 71.2 Å². The van der Waals surface area contributed by atoms with Crippen LogP contribution in [0.3, 0.4) is 0 Å². The number of para-hydroxylation sites is 1. The summed E-state index contributed by atoms with van der Waals surface area (Å²) in [4.78, 5) is 17.5. The Morgan fingerprint density at radius 2 is 1.91 bits per heavy atom. The highest BCUT2D eigenvalue weighted by atomic mass is 32.2. The van der Waals surface area contributed by atoms with Gasteiger partial charge >= 0.3 is 0 Å². The van der Waals surface area contributed by atoms with Gasteiger partial charge in [-0.05, 0) is 41.7 Å². The van der Waals surface area contributed by atoms with Crippen molar-refractivity contribution in [1.29, 1.82) is 0 Å². The van der Waals surface area contributed by atoms with Crippen LogP contribution in [0.2, 0.25) is 0 Å². The average molecular weight is 483 g/mol. The fourth-order valence-corrected chi connectivity index (χ4v) is 6.49. The number of thiazole rings is 1. The fourth-order valence-electron chi connectivity index (χ4n) is 4.69. The number of fused-ring (bicyclic) bond motifs is 1. The zero-order valence-corrected chi connectivity index (χ0v) is 19.7. The third-order valence-corrected chi connectivity index (χ3v) is 8.83. The number of nitrogens with one attached hydrogen (secondary N) is 2. The van der Waals surface area contributed by atoms with Crippen molar-refractivity contribution in [1.82, 2.24) is 9.40 Å². The normalized spacial score (nSPS) is 17.5. The van der Waals surface area contributed by atoms with Crippen molar-refractivity contribution in [2.24, 2.45) is 5.92 Å². The Bertz CT molecular complexity index is 1200. The van der Waals surface area contributed by atoms with Gasteiger partial charge in [-0.15, -0.1) is 15.8 Å². The van der Waals surface area contributed by atoms with Gasteiger partial charge in [0.2, 0.25) is 5.91 Å². The van der Waals surface area contributed by atoms with E-state index in [2.05, 4.69) is 15.7 Å². The highest BCUT2D eigenvalue weighted by Gasteiger charge is 2.31. The number of aromatic nitrogens is 1. The highest BCUT2D eigenvalue weighted by molar-refractivity contribution is 7.89. The largest absolute Gasteiger partial charge is 0.305 e. The molecule has 0 radical (unpaired) electrons. The minimum atomic E-state index is -3.72. The number of hydrazine groups is 1. The maximum absolute atomic E-state index is 13.2. The third-order valence-electron chi connectivity index (χ3n) is 6.47. The molecule has 7 nitrogen and oxygen atoms in total. The second-order valence-electron chi connectivity index (χ2n) is 8.61. The Labute approximate surface area is 197 Å². The van der Waals surface area contributed by atoms with Crippen LogP contribution in [0.25, 0.3) is 0 Å². The topological polar surface area (TPSA) is 91.4 Å². The molecule has 0 bridgehead atoms. The Morgan fingerprint density at radius 1 is 1.15 bits per heavy atom. The smallest absolute Gasteiger partial charge is 0.260 e. The molecule has 2 heterocycles. The summed E-state index contributed by atoms with van der Waals surface area (Å²) in [6.45, 7) is 0.279. The summed E-state index contributed by atoms with van der Waals surface area (Å²) in [6, 6.07) is 14.3. The SMILES string of the molecule is O=C(Nc1nccs1)C(CC1CCCC1)c1ccc(S(=O)(=O)N2Cc3ccccc3N2)cc1. The summed E-state index contributed by atoms with van der Waals surface area (Å²) in [5, 5.41) is 5.33. The van der Waals surface area contributed by atoms with Gasteiger partial charge in [0.05, 0.1) is 23.0 Å². The molecule has 3 aromatic rings. The third kappa shape index (κ3) is 4.66. The minimum absolute atomic E-state index is 0.0934. The van der Waals surface area contributed by atoms with Crippen molar-refractivity contribution in [3.63, 3.8) is 0 Å². The quantitative estimate of drug-likeness (QED) is 0.496. The van der Waals surface area contributed by atoms with Crippen molar-refractivity contribution >= 4 is 38.1 Å². The van der Waals surface area contributed by atoms with Gasteiger partial charge in [0, 0.05) is 11.6 Å². The van der Waals surface area contributed by atoms with E-state index in [1.54, 1.807) is 30.5 Å². The van der Waals surface area contributed by atoms with E-state index in [0.717, 1.165) is 36.1 Å². The summed E-state index contributed by atoms with van der Waals surface area (Å²) < 4.78 is 27.6. The zero-order chi connectivity index (χ0) is 22.8. The highest BCUT2D eigenvalue weighted by Crippen LogP contribution is 2.36. The molecular weight excluding hydrogens is 456 g/mol. The molecule has 1 amide bonds. The number of amides is 1. The van der Waals surface area contributed by atoms with Gasteiger partial charge in [0.1, 0.15) is 0 Å². The number of carbonyl (C=O) groups is 1. The monoisotopic (exact) mass is 482 g/mol. The summed E-state index contributed by atoms with van der Waals surface area (Å²) >= 11 is 1.39. The molecule has 1 aromatic heterocycles. The molecule has 0 spiro atoms. The van der Waals surface area contributed by atoms with E-state index < -0.39 is 10.0 Å². The van der Waals surface area contributed by atoms with Crippen LogP contribution >= 0.6 is 11.3 Å². The van der Waals surface area contributed by atoms with Crippen molar-refractivity contribution in [2.45, 2.75) is 49.5 Å². The molecular formula is C24H26N4O3S2. The van der Waals surface area contributed by atoms with E-state index in [1.807, 2.05) is 29.6 Å². The molecule has 1 unspecified atom stereocenters. The second kappa shape index (κ2) is 9.24. The van der Waals surface area contributed by atoms with Gasteiger partial charge in [0.15, 0.2) is 5.13 Å². The first-order chi connectivity index (χ1) is 16.0. The van der Waals surface area contributed by atoms with Gasteiger partial charge in [-0.1, -0.05) is 56.0 Å². The first-order valence-corrected chi connectivity index (χ1v) is 13.5. The van der Waals surface area contributed by atoms with Crippen molar-refractivity contribution in [3.8, 4) is 0 Å². The van der Waals surface area contributed by atoms with Gasteiger partial charge in [-0.3, -0.25) is 4.79 Å². The van der Waals surface area contributed by atoms with Crippen molar-refractivity contribution in [2.75, 3.05) is 10.7 Å². The lowest BCUT2D eigenvalue weighted by atomic mass is 9.87. The number of carbonyl (C=O) groups excluding carboxylic acids is 1. The van der Waals surface area contributed by atoms with E-state index in [-0.39, 0.29) is 23.3 Å². The summed E-state index contributed by atoms with van der Waals surface area (Å²) in [5.74, 6) is 0.0693. The van der Waals surface area contributed by atoms with Crippen LogP contribution in [0.4, 0.5) is 10.8 Å². The Morgan fingerprint density at radius 3 is 2.61 bits per heavy atom.